The minimum atomic E-state index is 0. The summed E-state index contributed by atoms with van der Waals surface area (Å²) in [4.78, 5) is 21.8. The van der Waals surface area contributed by atoms with Crippen molar-refractivity contribution in [1.82, 2.24) is 20.4 Å². The van der Waals surface area contributed by atoms with Gasteiger partial charge in [0.25, 0.3) is 0 Å². The molecule has 29 heavy (non-hydrogen) atoms. The number of halogens is 1. The largest absolute Gasteiger partial charge is 0.355 e. The summed E-state index contributed by atoms with van der Waals surface area (Å²) in [6, 6.07) is 11.0. The molecule has 1 saturated heterocycles. The fourth-order valence-electron chi connectivity index (χ4n) is 3.23. The first kappa shape index (κ1) is 26.0. The Kier molecular flexibility index (Phi) is 12.6. The lowest BCUT2D eigenvalue weighted by Crippen LogP contribution is -2.46. The van der Waals surface area contributed by atoms with Crippen molar-refractivity contribution in [3.05, 3.63) is 30.3 Å². The Hall–Kier alpha value is -1.000. The third-order valence-electron chi connectivity index (χ3n) is 4.92. The fraction of sp³-hybridized carbons (Fsp3) is 0.619. The molecule has 2 rings (SSSR count). The Labute approximate surface area is 197 Å². The molecule has 1 heterocycles. The molecule has 1 aromatic carbocycles. The van der Waals surface area contributed by atoms with E-state index in [1.54, 1.807) is 19.0 Å². The number of thioether (sulfide) groups is 1. The van der Waals surface area contributed by atoms with Crippen molar-refractivity contribution in [3.8, 4) is 0 Å². The van der Waals surface area contributed by atoms with Gasteiger partial charge in [-0.15, -0.1) is 35.7 Å². The number of aliphatic imine (C=N–C) groups is 1. The first-order valence-corrected chi connectivity index (χ1v) is 11.1. The summed E-state index contributed by atoms with van der Waals surface area (Å²) in [6.45, 7) is 8.46. The van der Waals surface area contributed by atoms with E-state index in [4.69, 9.17) is 0 Å². The second-order valence-electron chi connectivity index (χ2n) is 7.38. The number of nitrogens with zero attached hydrogens (tertiary/aromatic N) is 3. The minimum absolute atomic E-state index is 0. The zero-order chi connectivity index (χ0) is 20.4. The van der Waals surface area contributed by atoms with Gasteiger partial charge in [0.05, 0.1) is 0 Å². The van der Waals surface area contributed by atoms with Crippen LogP contribution in [-0.4, -0.2) is 79.8 Å². The Balaban J connectivity index is 0.00000420. The minimum Gasteiger partial charge on any atom is -0.355 e. The zero-order valence-corrected chi connectivity index (χ0v) is 21.2. The molecule has 6 nitrogen and oxygen atoms in total. The Bertz CT molecular complexity index is 629. The summed E-state index contributed by atoms with van der Waals surface area (Å²) >= 11 is 1.83. The normalized spacial score (nSPS) is 18.1. The number of rotatable bonds is 9. The highest BCUT2D eigenvalue weighted by atomic mass is 127. The molecule has 0 aliphatic carbocycles. The van der Waals surface area contributed by atoms with Gasteiger partial charge in [-0.1, -0.05) is 32.0 Å². The van der Waals surface area contributed by atoms with E-state index < -0.39 is 0 Å². The van der Waals surface area contributed by atoms with E-state index in [0.29, 0.717) is 11.3 Å². The van der Waals surface area contributed by atoms with Crippen LogP contribution < -0.4 is 10.6 Å². The Morgan fingerprint density at radius 1 is 1.31 bits per heavy atom. The van der Waals surface area contributed by atoms with Crippen LogP contribution in [0.1, 0.15) is 26.7 Å². The molecule has 8 heteroatoms. The lowest BCUT2D eigenvalue weighted by atomic mass is 10.2. The van der Waals surface area contributed by atoms with Crippen LogP contribution in [-0.2, 0) is 4.79 Å². The van der Waals surface area contributed by atoms with Crippen molar-refractivity contribution in [2.45, 2.75) is 42.9 Å². The first-order valence-electron chi connectivity index (χ1n) is 10.2. The summed E-state index contributed by atoms with van der Waals surface area (Å²) in [6.07, 6.45) is 2.47. The molecule has 2 unspecified atom stereocenters. The number of likely N-dealkylation sites (N-methyl/N-ethyl adjacent to an activating group) is 2. The number of guanidine groups is 1. The molecule has 164 valence electrons. The summed E-state index contributed by atoms with van der Waals surface area (Å²) in [5.74, 6) is 0.725. The summed E-state index contributed by atoms with van der Waals surface area (Å²) in [5.41, 5.74) is 0. The highest BCUT2D eigenvalue weighted by molar-refractivity contribution is 14.0. The molecular weight excluding hydrogens is 497 g/mol. The summed E-state index contributed by atoms with van der Waals surface area (Å²) in [7, 11) is 3.52. The molecule has 1 fully saturated rings. The Morgan fingerprint density at radius 3 is 2.69 bits per heavy atom. The molecule has 1 aliphatic heterocycles. The fourth-order valence-corrected chi connectivity index (χ4v) is 4.18. The van der Waals surface area contributed by atoms with Crippen molar-refractivity contribution in [2.75, 3.05) is 46.8 Å². The van der Waals surface area contributed by atoms with Crippen LogP contribution in [0.4, 0.5) is 0 Å². The van der Waals surface area contributed by atoms with Crippen molar-refractivity contribution in [1.29, 1.82) is 0 Å². The van der Waals surface area contributed by atoms with Gasteiger partial charge < -0.3 is 15.5 Å². The van der Waals surface area contributed by atoms with Crippen molar-refractivity contribution < 1.29 is 4.79 Å². The molecule has 1 amide bonds. The van der Waals surface area contributed by atoms with Crippen molar-refractivity contribution >= 4 is 47.6 Å². The van der Waals surface area contributed by atoms with Crippen molar-refractivity contribution in [2.24, 2.45) is 4.99 Å². The third kappa shape index (κ3) is 9.57. The molecule has 0 spiro atoms. The second-order valence-corrected chi connectivity index (χ2v) is 8.89. The average molecular weight is 534 g/mol. The lowest BCUT2D eigenvalue weighted by molar-refractivity contribution is -0.127. The highest BCUT2D eigenvalue weighted by Crippen LogP contribution is 2.22. The average Bonchev–Trinajstić information content (AvgIpc) is 3.15. The molecule has 0 radical (unpaired) electrons. The Morgan fingerprint density at radius 2 is 2.03 bits per heavy atom. The zero-order valence-electron chi connectivity index (χ0n) is 18.1. The molecule has 0 aromatic heterocycles. The van der Waals surface area contributed by atoms with E-state index in [2.05, 4.69) is 58.6 Å². The van der Waals surface area contributed by atoms with E-state index in [1.165, 1.54) is 24.3 Å². The molecule has 1 aliphatic rings. The highest BCUT2D eigenvalue weighted by Gasteiger charge is 2.23. The molecule has 0 bridgehead atoms. The van der Waals surface area contributed by atoms with E-state index >= 15 is 0 Å². The maximum absolute atomic E-state index is 11.9. The molecule has 0 saturated carbocycles. The van der Waals surface area contributed by atoms with Crippen LogP contribution in [0.5, 0.6) is 0 Å². The van der Waals surface area contributed by atoms with Gasteiger partial charge in [0, 0.05) is 43.4 Å². The monoisotopic (exact) mass is 533 g/mol. The topological polar surface area (TPSA) is 60.0 Å². The maximum Gasteiger partial charge on any atom is 0.243 e. The molecule has 1 aromatic rings. The standard InChI is InChI=1S/C21H35N5OS.HI/c1-5-26-13-9-10-18(26)15-23-21(24-16-20(27)25(3)4)22-14-17(2)28-19-11-7-6-8-12-19;/h6-8,11-12,17-18H,5,9-10,13-16H2,1-4H3,(H2,22,23,24);1H. The number of amides is 1. The van der Waals surface area contributed by atoms with Gasteiger partial charge in [-0.3, -0.25) is 9.69 Å². The maximum atomic E-state index is 11.9. The quantitative estimate of drug-likeness (QED) is 0.221. The van der Waals surface area contributed by atoms with Gasteiger partial charge in [0.1, 0.15) is 6.54 Å². The predicted octanol–water partition coefficient (Wildman–Crippen LogP) is 2.89. The molecule has 2 atom stereocenters. The number of benzene rings is 1. The van der Waals surface area contributed by atoms with Crippen LogP contribution in [0, 0.1) is 0 Å². The van der Waals surface area contributed by atoms with Crippen molar-refractivity contribution in [3.63, 3.8) is 0 Å². The van der Waals surface area contributed by atoms with E-state index in [1.807, 2.05) is 17.8 Å². The van der Waals surface area contributed by atoms with Gasteiger partial charge in [-0.2, -0.15) is 0 Å². The number of nitrogens with one attached hydrogen (secondary N) is 2. The number of hydrogen-bond donors (Lipinski definition) is 2. The summed E-state index contributed by atoms with van der Waals surface area (Å²) < 4.78 is 0. The predicted molar refractivity (Wildman–Crippen MR) is 134 cm³/mol. The van der Waals surface area contributed by atoms with Gasteiger partial charge >= 0.3 is 0 Å². The van der Waals surface area contributed by atoms with Gasteiger partial charge in [0.15, 0.2) is 5.96 Å². The van der Waals surface area contributed by atoms with E-state index in [0.717, 1.165) is 25.6 Å². The molecule has 2 N–H and O–H groups in total. The smallest absolute Gasteiger partial charge is 0.243 e. The van der Waals surface area contributed by atoms with E-state index in [-0.39, 0.29) is 36.4 Å². The molecular formula is C21H36IN5OS. The number of likely N-dealkylation sites (tertiary alicyclic amines) is 1. The SMILES string of the molecule is CCN1CCCC1CNC(=NCC(=O)N(C)C)NCC(C)Sc1ccccc1.I. The second kappa shape index (κ2) is 14.1. The summed E-state index contributed by atoms with van der Waals surface area (Å²) in [5, 5.41) is 7.26. The van der Waals surface area contributed by atoms with Crippen LogP contribution in [0.2, 0.25) is 0 Å². The van der Waals surface area contributed by atoms with Gasteiger partial charge in [-0.25, -0.2) is 4.99 Å². The van der Waals surface area contributed by atoms with Gasteiger partial charge in [0.2, 0.25) is 5.91 Å². The van der Waals surface area contributed by atoms with Crippen LogP contribution in [0.25, 0.3) is 0 Å². The third-order valence-corrected chi connectivity index (χ3v) is 6.03. The lowest BCUT2D eigenvalue weighted by Gasteiger charge is -2.24. The number of hydrogen-bond acceptors (Lipinski definition) is 4. The number of carbonyl (C=O) groups excluding carboxylic acids is 1. The van der Waals surface area contributed by atoms with Gasteiger partial charge in [-0.05, 0) is 38.1 Å². The number of carbonyl (C=O) groups is 1. The van der Waals surface area contributed by atoms with Crippen LogP contribution in [0.15, 0.2) is 40.2 Å². The first-order chi connectivity index (χ1) is 13.5. The van der Waals surface area contributed by atoms with Crippen LogP contribution >= 0.6 is 35.7 Å². The van der Waals surface area contributed by atoms with Crippen LogP contribution in [0.3, 0.4) is 0 Å². The van der Waals surface area contributed by atoms with E-state index in [9.17, 15) is 4.79 Å².